The number of halogens is 1. The van der Waals surface area contributed by atoms with Gasteiger partial charge in [0.15, 0.2) is 0 Å². The Balaban J connectivity index is 3.31. The highest BCUT2D eigenvalue weighted by Crippen LogP contribution is 2.26. The lowest BCUT2D eigenvalue weighted by Crippen LogP contribution is -2.13. The van der Waals surface area contributed by atoms with Crippen LogP contribution in [0.2, 0.25) is 0 Å². The van der Waals surface area contributed by atoms with Crippen LogP contribution in [0.15, 0.2) is 16.6 Å². The molecule has 4 nitrogen and oxygen atoms in total. The predicted molar refractivity (Wildman–Crippen MR) is 64.5 cm³/mol. The number of rotatable bonds is 2. The van der Waals surface area contributed by atoms with Crippen molar-refractivity contribution in [2.45, 2.75) is 13.8 Å². The molecule has 1 rings (SSSR count). The van der Waals surface area contributed by atoms with E-state index < -0.39 is 5.97 Å². The zero-order valence-electron chi connectivity index (χ0n) is 9.26. The predicted octanol–water partition coefficient (Wildman–Crippen LogP) is 2.50. The van der Waals surface area contributed by atoms with Gasteiger partial charge in [0.1, 0.15) is 0 Å². The third-order valence-corrected chi connectivity index (χ3v) is 2.46. The maximum absolute atomic E-state index is 11.6. The normalized spacial score (nSPS) is 9.75. The Kier molecular flexibility index (Phi) is 4.06. The van der Waals surface area contributed by atoms with Gasteiger partial charge in [0.25, 0.3) is 0 Å². The Morgan fingerprint density at radius 2 is 2.00 bits per heavy atom. The van der Waals surface area contributed by atoms with Crippen LogP contribution in [0.3, 0.4) is 0 Å². The first-order valence-electron chi connectivity index (χ1n) is 4.61. The number of amides is 1. The quantitative estimate of drug-likeness (QED) is 0.850. The molecule has 1 N–H and O–H groups in total. The summed E-state index contributed by atoms with van der Waals surface area (Å²) in [6, 6.07) is 3.46. The summed E-state index contributed by atoms with van der Waals surface area (Å²) >= 11 is 3.30. The molecule has 1 aromatic carbocycles. The van der Waals surface area contributed by atoms with E-state index in [4.69, 9.17) is 0 Å². The maximum atomic E-state index is 11.6. The molecule has 0 radical (unpaired) electrons. The van der Waals surface area contributed by atoms with Crippen molar-refractivity contribution in [1.29, 1.82) is 0 Å². The van der Waals surface area contributed by atoms with E-state index in [0.717, 1.165) is 10.0 Å². The highest BCUT2D eigenvalue weighted by molar-refractivity contribution is 9.10. The monoisotopic (exact) mass is 285 g/mol. The number of ether oxygens (including phenoxy) is 1. The first kappa shape index (κ1) is 12.7. The molecule has 16 heavy (non-hydrogen) atoms. The van der Waals surface area contributed by atoms with Gasteiger partial charge in [-0.3, -0.25) is 4.79 Å². The summed E-state index contributed by atoms with van der Waals surface area (Å²) in [6.07, 6.45) is 0. The molecule has 1 amide bonds. The third-order valence-electron chi connectivity index (χ3n) is 2.00. The minimum absolute atomic E-state index is 0.234. The SMILES string of the molecule is COC(=O)c1c(C)cc(Br)cc1NC(C)=O. The van der Waals surface area contributed by atoms with Gasteiger partial charge in [-0.05, 0) is 24.6 Å². The molecule has 1 aromatic rings. The second kappa shape index (κ2) is 5.12. The number of anilines is 1. The lowest BCUT2D eigenvalue weighted by molar-refractivity contribution is -0.114. The van der Waals surface area contributed by atoms with E-state index in [1.54, 1.807) is 19.1 Å². The van der Waals surface area contributed by atoms with Crippen LogP contribution < -0.4 is 5.32 Å². The third kappa shape index (κ3) is 2.82. The Morgan fingerprint density at radius 1 is 1.38 bits per heavy atom. The van der Waals surface area contributed by atoms with Crippen LogP contribution in [0.5, 0.6) is 0 Å². The summed E-state index contributed by atoms with van der Waals surface area (Å²) in [6.45, 7) is 3.17. The van der Waals surface area contributed by atoms with Crippen LogP contribution >= 0.6 is 15.9 Å². The maximum Gasteiger partial charge on any atom is 0.340 e. The number of hydrogen-bond donors (Lipinski definition) is 1. The van der Waals surface area contributed by atoms with E-state index in [1.165, 1.54) is 14.0 Å². The van der Waals surface area contributed by atoms with Crippen molar-refractivity contribution in [3.8, 4) is 0 Å². The number of carbonyl (C=O) groups is 2. The van der Waals surface area contributed by atoms with Gasteiger partial charge in [-0.25, -0.2) is 4.79 Å². The fraction of sp³-hybridized carbons (Fsp3) is 0.273. The molecule has 5 heteroatoms. The molecule has 0 saturated carbocycles. The molecule has 86 valence electrons. The van der Waals surface area contributed by atoms with E-state index in [9.17, 15) is 9.59 Å². The van der Waals surface area contributed by atoms with Crippen LogP contribution in [0.4, 0.5) is 5.69 Å². The topological polar surface area (TPSA) is 55.4 Å². The number of hydrogen-bond acceptors (Lipinski definition) is 3. The van der Waals surface area contributed by atoms with Gasteiger partial charge in [0, 0.05) is 11.4 Å². The van der Waals surface area contributed by atoms with Gasteiger partial charge in [0.05, 0.1) is 18.4 Å². The number of benzene rings is 1. The molecule has 0 heterocycles. The minimum atomic E-state index is -0.464. The summed E-state index contributed by atoms with van der Waals surface area (Å²) in [5, 5.41) is 2.60. The summed E-state index contributed by atoms with van der Waals surface area (Å²) in [5.74, 6) is -0.698. The molecule has 0 saturated heterocycles. The molecule has 0 spiro atoms. The zero-order chi connectivity index (χ0) is 12.3. The highest BCUT2D eigenvalue weighted by Gasteiger charge is 2.16. The summed E-state index contributed by atoms with van der Waals surface area (Å²) in [5.41, 5.74) is 1.57. The Bertz CT molecular complexity index is 443. The molecule has 0 aliphatic heterocycles. The molecule has 0 aliphatic carbocycles. The second-order valence-corrected chi connectivity index (χ2v) is 4.23. The standard InChI is InChI=1S/C11H12BrNO3/c1-6-4-8(12)5-9(13-7(2)14)10(6)11(15)16-3/h4-5H,1-3H3,(H,13,14). The van der Waals surface area contributed by atoms with Crippen LogP contribution in [0.1, 0.15) is 22.8 Å². The first-order chi connectivity index (χ1) is 7.45. The van der Waals surface area contributed by atoms with Crippen molar-refractivity contribution in [3.63, 3.8) is 0 Å². The minimum Gasteiger partial charge on any atom is -0.465 e. The van der Waals surface area contributed by atoms with Gasteiger partial charge in [0.2, 0.25) is 5.91 Å². The van der Waals surface area contributed by atoms with E-state index in [0.29, 0.717) is 11.3 Å². The lowest BCUT2D eigenvalue weighted by atomic mass is 10.1. The van der Waals surface area contributed by atoms with Gasteiger partial charge in [-0.2, -0.15) is 0 Å². The number of nitrogens with one attached hydrogen (secondary N) is 1. The fourth-order valence-corrected chi connectivity index (χ4v) is 1.98. The number of esters is 1. The zero-order valence-corrected chi connectivity index (χ0v) is 10.8. The van der Waals surface area contributed by atoms with Crippen molar-refractivity contribution in [3.05, 3.63) is 27.7 Å². The van der Waals surface area contributed by atoms with Crippen LogP contribution in [0.25, 0.3) is 0 Å². The summed E-state index contributed by atoms with van der Waals surface area (Å²) in [4.78, 5) is 22.6. The lowest BCUT2D eigenvalue weighted by Gasteiger charge is -2.11. The summed E-state index contributed by atoms with van der Waals surface area (Å²) in [7, 11) is 1.31. The second-order valence-electron chi connectivity index (χ2n) is 3.32. The molecule has 0 unspecified atom stereocenters. The Labute approximate surface area is 102 Å². The van der Waals surface area contributed by atoms with Crippen molar-refractivity contribution in [1.82, 2.24) is 0 Å². The number of aryl methyl sites for hydroxylation is 1. The van der Waals surface area contributed by atoms with E-state index >= 15 is 0 Å². The fourth-order valence-electron chi connectivity index (χ4n) is 1.40. The molecule has 0 aromatic heterocycles. The molecule has 0 aliphatic rings. The smallest absolute Gasteiger partial charge is 0.340 e. The van der Waals surface area contributed by atoms with Crippen molar-refractivity contribution in [2.24, 2.45) is 0 Å². The van der Waals surface area contributed by atoms with E-state index in [2.05, 4.69) is 26.0 Å². The Hall–Kier alpha value is -1.36. The summed E-state index contributed by atoms with van der Waals surface area (Å²) < 4.78 is 5.47. The van der Waals surface area contributed by atoms with Gasteiger partial charge in [-0.1, -0.05) is 15.9 Å². The van der Waals surface area contributed by atoms with Crippen molar-refractivity contribution in [2.75, 3.05) is 12.4 Å². The average Bonchev–Trinajstić information content (AvgIpc) is 2.14. The van der Waals surface area contributed by atoms with Crippen molar-refractivity contribution < 1.29 is 14.3 Å². The van der Waals surface area contributed by atoms with Gasteiger partial charge < -0.3 is 10.1 Å². The number of carbonyl (C=O) groups excluding carboxylic acids is 2. The van der Waals surface area contributed by atoms with Gasteiger partial charge in [-0.15, -0.1) is 0 Å². The number of methoxy groups -OCH3 is 1. The molecule has 0 fully saturated rings. The highest BCUT2D eigenvalue weighted by atomic mass is 79.9. The molecular weight excluding hydrogens is 274 g/mol. The van der Waals surface area contributed by atoms with Crippen molar-refractivity contribution >= 4 is 33.5 Å². The Morgan fingerprint density at radius 3 is 2.50 bits per heavy atom. The molecular formula is C11H12BrNO3. The van der Waals surface area contributed by atoms with E-state index in [1.807, 2.05) is 0 Å². The van der Waals surface area contributed by atoms with Crippen LogP contribution in [-0.2, 0) is 9.53 Å². The molecule has 0 bridgehead atoms. The van der Waals surface area contributed by atoms with Crippen LogP contribution in [-0.4, -0.2) is 19.0 Å². The average molecular weight is 286 g/mol. The molecule has 0 atom stereocenters. The first-order valence-corrected chi connectivity index (χ1v) is 5.41. The largest absolute Gasteiger partial charge is 0.465 e. The van der Waals surface area contributed by atoms with Gasteiger partial charge >= 0.3 is 5.97 Å². The van der Waals surface area contributed by atoms with E-state index in [-0.39, 0.29) is 5.91 Å². The van der Waals surface area contributed by atoms with Crippen LogP contribution in [0, 0.1) is 6.92 Å².